The Balaban J connectivity index is 2.26. The van der Waals surface area contributed by atoms with Crippen LogP contribution in [0.1, 0.15) is 55.7 Å². The number of carbonyl (C=O) groups is 1. The van der Waals surface area contributed by atoms with Crippen LogP contribution in [0.25, 0.3) is 0 Å². The van der Waals surface area contributed by atoms with Crippen molar-refractivity contribution in [2.75, 3.05) is 5.32 Å². The highest BCUT2D eigenvalue weighted by Crippen LogP contribution is 2.26. The molecule has 0 bridgehead atoms. The molecule has 2 rings (SSSR count). The third kappa shape index (κ3) is 4.34. The van der Waals surface area contributed by atoms with Gasteiger partial charge < -0.3 is 10.6 Å². The molecule has 4 heteroatoms. The maximum absolute atomic E-state index is 12.3. The summed E-state index contributed by atoms with van der Waals surface area (Å²) in [5, 5.41) is 6.44. The Bertz CT molecular complexity index is 675. The number of anilines is 2. The number of para-hydroxylation sites is 1. The molecular weight excluding hydrogens is 298 g/mol. The fraction of sp³-hybridized carbons (Fsp3) is 0.400. The van der Waals surface area contributed by atoms with Crippen LogP contribution in [0.3, 0.4) is 0 Å². The van der Waals surface area contributed by atoms with Crippen molar-refractivity contribution in [3.8, 4) is 0 Å². The van der Waals surface area contributed by atoms with Crippen LogP contribution in [-0.2, 0) is 12.8 Å². The smallest absolute Gasteiger partial charge is 0.270 e. The van der Waals surface area contributed by atoms with Crippen LogP contribution in [0, 0.1) is 0 Å². The van der Waals surface area contributed by atoms with Crippen LogP contribution in [0.15, 0.2) is 36.5 Å². The predicted octanol–water partition coefficient (Wildman–Crippen LogP) is 4.48. The number of hydrogen-bond donors (Lipinski definition) is 2. The molecule has 128 valence electrons. The molecule has 0 aliphatic heterocycles. The van der Waals surface area contributed by atoms with Gasteiger partial charge in [-0.3, -0.25) is 9.78 Å². The summed E-state index contributed by atoms with van der Waals surface area (Å²) in [7, 11) is 0. The van der Waals surface area contributed by atoms with Gasteiger partial charge in [-0.1, -0.05) is 39.0 Å². The number of carbonyl (C=O) groups excluding carboxylic acids is 1. The van der Waals surface area contributed by atoms with Crippen LogP contribution >= 0.6 is 0 Å². The fourth-order valence-corrected chi connectivity index (χ4v) is 2.58. The van der Waals surface area contributed by atoms with Crippen molar-refractivity contribution in [3.05, 3.63) is 53.3 Å². The predicted molar refractivity (Wildman–Crippen MR) is 99.9 cm³/mol. The Hall–Kier alpha value is -2.36. The summed E-state index contributed by atoms with van der Waals surface area (Å²) in [6, 6.07) is 10.2. The molecule has 1 aromatic heterocycles. The zero-order chi connectivity index (χ0) is 17.5. The van der Waals surface area contributed by atoms with E-state index in [4.69, 9.17) is 0 Å². The van der Waals surface area contributed by atoms with Gasteiger partial charge in [-0.05, 0) is 49.4 Å². The van der Waals surface area contributed by atoms with Crippen molar-refractivity contribution in [1.82, 2.24) is 10.3 Å². The molecule has 1 heterocycles. The van der Waals surface area contributed by atoms with Crippen molar-refractivity contribution in [2.45, 2.75) is 53.0 Å². The van der Waals surface area contributed by atoms with Gasteiger partial charge in [0.2, 0.25) is 0 Å². The second kappa shape index (κ2) is 8.48. The van der Waals surface area contributed by atoms with E-state index < -0.39 is 0 Å². The first kappa shape index (κ1) is 18.0. The van der Waals surface area contributed by atoms with E-state index in [-0.39, 0.29) is 11.9 Å². The molecule has 0 aliphatic carbocycles. The summed E-state index contributed by atoms with van der Waals surface area (Å²) in [6.45, 7) is 8.34. The highest BCUT2D eigenvalue weighted by Gasteiger charge is 2.12. The van der Waals surface area contributed by atoms with Gasteiger partial charge in [0.25, 0.3) is 5.91 Å². The summed E-state index contributed by atoms with van der Waals surface area (Å²) >= 11 is 0. The number of amides is 1. The van der Waals surface area contributed by atoms with E-state index in [1.807, 2.05) is 26.0 Å². The number of rotatable bonds is 7. The molecule has 0 radical (unpaired) electrons. The molecule has 1 amide bonds. The van der Waals surface area contributed by atoms with Gasteiger partial charge in [0.05, 0.1) is 0 Å². The number of aryl methyl sites for hydroxylation is 2. The minimum Gasteiger partial charge on any atom is -0.355 e. The molecule has 1 aromatic carbocycles. The van der Waals surface area contributed by atoms with E-state index in [0.29, 0.717) is 5.69 Å². The standard InChI is InChI=1S/C20H27N3O/c1-5-14(4)22-20(24)18-13-17(11-12-21-18)23-19-15(6-2)9-8-10-16(19)7-3/h8-14H,5-7H2,1-4H3,(H,21,23)(H,22,24). The summed E-state index contributed by atoms with van der Waals surface area (Å²) in [5.74, 6) is -0.132. The van der Waals surface area contributed by atoms with Gasteiger partial charge in [0, 0.05) is 23.6 Å². The largest absolute Gasteiger partial charge is 0.355 e. The average molecular weight is 325 g/mol. The van der Waals surface area contributed by atoms with E-state index in [2.05, 4.69) is 47.7 Å². The molecule has 0 fully saturated rings. The summed E-state index contributed by atoms with van der Waals surface area (Å²) in [6.07, 6.45) is 4.49. The van der Waals surface area contributed by atoms with Crippen LogP contribution in [0.2, 0.25) is 0 Å². The van der Waals surface area contributed by atoms with Crippen molar-refractivity contribution in [3.63, 3.8) is 0 Å². The Morgan fingerprint density at radius 3 is 2.38 bits per heavy atom. The Morgan fingerprint density at radius 2 is 1.79 bits per heavy atom. The molecular formula is C20H27N3O. The van der Waals surface area contributed by atoms with Crippen LogP contribution in [0.4, 0.5) is 11.4 Å². The minimum atomic E-state index is -0.132. The van der Waals surface area contributed by atoms with E-state index in [9.17, 15) is 4.79 Å². The minimum absolute atomic E-state index is 0.132. The highest BCUT2D eigenvalue weighted by atomic mass is 16.1. The molecule has 0 aliphatic rings. The van der Waals surface area contributed by atoms with Crippen molar-refractivity contribution >= 4 is 17.3 Å². The highest BCUT2D eigenvalue weighted by molar-refractivity contribution is 5.93. The number of benzene rings is 1. The van der Waals surface area contributed by atoms with Crippen molar-refractivity contribution in [2.24, 2.45) is 0 Å². The van der Waals surface area contributed by atoms with Gasteiger partial charge in [0.15, 0.2) is 0 Å². The normalized spacial score (nSPS) is 11.8. The lowest BCUT2D eigenvalue weighted by atomic mass is 10.0. The molecule has 4 nitrogen and oxygen atoms in total. The molecule has 24 heavy (non-hydrogen) atoms. The maximum Gasteiger partial charge on any atom is 0.270 e. The number of aromatic nitrogens is 1. The molecule has 0 spiro atoms. The third-order valence-electron chi connectivity index (χ3n) is 4.25. The lowest BCUT2D eigenvalue weighted by Crippen LogP contribution is -2.32. The number of hydrogen-bond acceptors (Lipinski definition) is 3. The topological polar surface area (TPSA) is 54.0 Å². The van der Waals surface area contributed by atoms with Crippen molar-refractivity contribution in [1.29, 1.82) is 0 Å². The van der Waals surface area contributed by atoms with Gasteiger partial charge in [0.1, 0.15) is 5.69 Å². The number of nitrogens with one attached hydrogen (secondary N) is 2. The maximum atomic E-state index is 12.3. The average Bonchev–Trinajstić information content (AvgIpc) is 2.61. The lowest BCUT2D eigenvalue weighted by Gasteiger charge is -2.16. The Morgan fingerprint density at radius 1 is 1.12 bits per heavy atom. The number of nitrogens with zero attached hydrogens (tertiary/aromatic N) is 1. The quantitative estimate of drug-likeness (QED) is 0.789. The number of pyridine rings is 1. The zero-order valence-corrected chi connectivity index (χ0v) is 15.0. The summed E-state index contributed by atoms with van der Waals surface area (Å²) in [4.78, 5) is 16.5. The SMILES string of the molecule is CCc1cccc(CC)c1Nc1ccnc(C(=O)NC(C)CC)c1. The molecule has 2 aromatic rings. The molecule has 2 N–H and O–H groups in total. The molecule has 0 saturated carbocycles. The van der Waals surface area contributed by atoms with Crippen LogP contribution in [0.5, 0.6) is 0 Å². The first-order chi connectivity index (χ1) is 11.6. The zero-order valence-electron chi connectivity index (χ0n) is 15.0. The third-order valence-corrected chi connectivity index (χ3v) is 4.25. The van der Waals surface area contributed by atoms with Crippen molar-refractivity contribution < 1.29 is 4.79 Å². The van der Waals surface area contributed by atoms with Gasteiger partial charge in [-0.2, -0.15) is 0 Å². The Kier molecular flexibility index (Phi) is 6.36. The lowest BCUT2D eigenvalue weighted by molar-refractivity contribution is 0.0934. The van der Waals surface area contributed by atoms with Gasteiger partial charge in [-0.25, -0.2) is 0 Å². The van der Waals surface area contributed by atoms with Crippen LogP contribution in [-0.4, -0.2) is 16.9 Å². The first-order valence-electron chi connectivity index (χ1n) is 8.73. The monoisotopic (exact) mass is 325 g/mol. The van der Waals surface area contributed by atoms with E-state index in [1.54, 1.807) is 6.20 Å². The fourth-order valence-electron chi connectivity index (χ4n) is 2.58. The first-order valence-corrected chi connectivity index (χ1v) is 8.73. The van der Waals surface area contributed by atoms with E-state index >= 15 is 0 Å². The van der Waals surface area contributed by atoms with Gasteiger partial charge >= 0.3 is 0 Å². The Labute approximate surface area is 144 Å². The second-order valence-corrected chi connectivity index (χ2v) is 6.00. The van der Waals surface area contributed by atoms with Crippen LogP contribution < -0.4 is 10.6 Å². The van der Waals surface area contributed by atoms with E-state index in [1.165, 1.54) is 11.1 Å². The second-order valence-electron chi connectivity index (χ2n) is 6.00. The summed E-state index contributed by atoms with van der Waals surface area (Å²) < 4.78 is 0. The molecule has 1 atom stereocenters. The summed E-state index contributed by atoms with van der Waals surface area (Å²) in [5.41, 5.74) is 5.01. The van der Waals surface area contributed by atoms with E-state index in [0.717, 1.165) is 30.6 Å². The van der Waals surface area contributed by atoms with Gasteiger partial charge in [-0.15, -0.1) is 0 Å². The molecule has 0 saturated heterocycles. The molecule has 1 unspecified atom stereocenters.